The predicted molar refractivity (Wildman–Crippen MR) is 62.4 cm³/mol. The molecule has 0 spiro atoms. The van der Waals surface area contributed by atoms with Crippen molar-refractivity contribution in [1.29, 1.82) is 0 Å². The summed E-state index contributed by atoms with van der Waals surface area (Å²) in [5.41, 5.74) is 1.78. The first-order chi connectivity index (χ1) is 8.13. The van der Waals surface area contributed by atoms with Crippen LogP contribution < -0.4 is 4.74 Å². The summed E-state index contributed by atoms with van der Waals surface area (Å²) in [6.45, 7) is 2.96. The Morgan fingerprint density at radius 2 is 2.24 bits per heavy atom. The average molecular weight is 236 g/mol. The fraction of sp³-hybridized carbons (Fsp3) is 0.462. The molecule has 92 valence electrons. The maximum Gasteiger partial charge on any atom is 0.311 e. The van der Waals surface area contributed by atoms with E-state index in [-0.39, 0.29) is 5.92 Å². The highest BCUT2D eigenvalue weighted by Crippen LogP contribution is 2.36. The number of hydrogen-bond donors (Lipinski definition) is 1. The van der Waals surface area contributed by atoms with Gasteiger partial charge in [-0.05, 0) is 13.0 Å². The molecule has 1 aliphatic heterocycles. The van der Waals surface area contributed by atoms with Crippen LogP contribution >= 0.6 is 0 Å². The zero-order valence-electron chi connectivity index (χ0n) is 9.97. The van der Waals surface area contributed by atoms with E-state index in [1.54, 1.807) is 7.11 Å². The van der Waals surface area contributed by atoms with E-state index >= 15 is 0 Å². The monoisotopic (exact) mass is 236 g/mol. The SMILES string of the molecule is COc1ccc(C)cc1C(C(=O)O)C1COC1. The molecule has 1 fully saturated rings. The summed E-state index contributed by atoms with van der Waals surface area (Å²) in [6, 6.07) is 5.62. The first-order valence-electron chi connectivity index (χ1n) is 5.58. The normalized spacial score (nSPS) is 17.3. The highest BCUT2D eigenvalue weighted by Gasteiger charge is 2.36. The minimum atomic E-state index is -0.817. The Morgan fingerprint density at radius 3 is 2.71 bits per heavy atom. The second-order valence-electron chi connectivity index (χ2n) is 4.36. The van der Waals surface area contributed by atoms with Crippen molar-refractivity contribution in [2.45, 2.75) is 12.8 Å². The summed E-state index contributed by atoms with van der Waals surface area (Å²) in [7, 11) is 1.56. The molecule has 0 saturated carbocycles. The highest BCUT2D eigenvalue weighted by molar-refractivity contribution is 5.78. The fourth-order valence-electron chi connectivity index (χ4n) is 2.13. The van der Waals surface area contributed by atoms with E-state index in [0.29, 0.717) is 19.0 Å². The molecule has 1 unspecified atom stereocenters. The smallest absolute Gasteiger partial charge is 0.311 e. The molecule has 1 heterocycles. The third-order valence-electron chi connectivity index (χ3n) is 3.12. The van der Waals surface area contributed by atoms with Gasteiger partial charge in [-0.2, -0.15) is 0 Å². The van der Waals surface area contributed by atoms with Crippen LogP contribution in [-0.2, 0) is 9.53 Å². The van der Waals surface area contributed by atoms with Gasteiger partial charge in [-0.15, -0.1) is 0 Å². The standard InChI is InChI=1S/C13H16O4/c1-8-3-4-11(16-2)10(5-8)12(13(14)15)9-6-17-7-9/h3-5,9,12H,6-7H2,1-2H3,(H,14,15). The van der Waals surface area contributed by atoms with Crippen molar-refractivity contribution in [2.75, 3.05) is 20.3 Å². The first-order valence-corrected chi connectivity index (χ1v) is 5.58. The van der Waals surface area contributed by atoms with Gasteiger partial charge in [0.05, 0.1) is 26.2 Å². The van der Waals surface area contributed by atoms with Crippen LogP contribution in [0.15, 0.2) is 18.2 Å². The molecular weight excluding hydrogens is 220 g/mol. The van der Waals surface area contributed by atoms with Crippen LogP contribution in [0.5, 0.6) is 5.75 Å². The van der Waals surface area contributed by atoms with Gasteiger partial charge >= 0.3 is 5.97 Å². The molecule has 0 bridgehead atoms. The van der Waals surface area contributed by atoms with Crippen molar-refractivity contribution in [2.24, 2.45) is 5.92 Å². The van der Waals surface area contributed by atoms with E-state index < -0.39 is 11.9 Å². The Bertz CT molecular complexity index is 423. The minimum Gasteiger partial charge on any atom is -0.496 e. The Hall–Kier alpha value is -1.55. The zero-order valence-corrected chi connectivity index (χ0v) is 9.97. The van der Waals surface area contributed by atoms with Gasteiger partial charge in [0.25, 0.3) is 0 Å². The molecule has 4 nitrogen and oxygen atoms in total. The second-order valence-corrected chi connectivity index (χ2v) is 4.36. The number of aryl methyl sites for hydroxylation is 1. The number of carbonyl (C=O) groups is 1. The van der Waals surface area contributed by atoms with Crippen molar-refractivity contribution >= 4 is 5.97 Å². The summed E-state index contributed by atoms with van der Waals surface area (Å²) in [4.78, 5) is 11.4. The van der Waals surface area contributed by atoms with E-state index in [0.717, 1.165) is 11.1 Å². The Morgan fingerprint density at radius 1 is 1.53 bits per heavy atom. The number of hydrogen-bond acceptors (Lipinski definition) is 3. The Labute approximate surface area is 100 Å². The van der Waals surface area contributed by atoms with E-state index in [1.807, 2.05) is 25.1 Å². The molecule has 0 amide bonds. The number of rotatable bonds is 4. The maximum atomic E-state index is 11.4. The van der Waals surface area contributed by atoms with Crippen LogP contribution in [0, 0.1) is 12.8 Å². The fourth-order valence-corrected chi connectivity index (χ4v) is 2.13. The number of ether oxygens (including phenoxy) is 2. The number of carboxylic acids is 1. The molecule has 1 N–H and O–H groups in total. The lowest BCUT2D eigenvalue weighted by atomic mass is 9.83. The summed E-state index contributed by atoms with van der Waals surface area (Å²) >= 11 is 0. The summed E-state index contributed by atoms with van der Waals surface area (Å²) in [6.07, 6.45) is 0. The number of aliphatic carboxylic acids is 1. The molecule has 1 atom stereocenters. The van der Waals surface area contributed by atoms with Crippen molar-refractivity contribution in [3.8, 4) is 5.75 Å². The number of carboxylic acid groups (broad SMARTS) is 1. The van der Waals surface area contributed by atoms with Gasteiger partial charge in [-0.25, -0.2) is 0 Å². The lowest BCUT2D eigenvalue weighted by molar-refractivity contribution is -0.146. The van der Waals surface area contributed by atoms with E-state index in [4.69, 9.17) is 9.47 Å². The van der Waals surface area contributed by atoms with Crippen LogP contribution in [0.1, 0.15) is 17.0 Å². The summed E-state index contributed by atoms with van der Waals surface area (Å²) in [5.74, 6) is -0.682. The van der Waals surface area contributed by atoms with Crippen LogP contribution in [-0.4, -0.2) is 31.4 Å². The van der Waals surface area contributed by atoms with Crippen molar-refractivity contribution in [1.82, 2.24) is 0 Å². The van der Waals surface area contributed by atoms with E-state index in [2.05, 4.69) is 0 Å². The van der Waals surface area contributed by atoms with Gasteiger partial charge in [-0.3, -0.25) is 4.79 Å². The Kier molecular flexibility index (Phi) is 3.33. The minimum absolute atomic E-state index is 0.0446. The molecular formula is C13H16O4. The van der Waals surface area contributed by atoms with Gasteiger partial charge in [0.2, 0.25) is 0 Å². The summed E-state index contributed by atoms with van der Waals surface area (Å²) < 4.78 is 10.3. The van der Waals surface area contributed by atoms with E-state index in [1.165, 1.54) is 0 Å². The average Bonchev–Trinajstić information content (AvgIpc) is 2.22. The lowest BCUT2D eigenvalue weighted by Gasteiger charge is -2.32. The third-order valence-corrected chi connectivity index (χ3v) is 3.12. The largest absolute Gasteiger partial charge is 0.496 e. The van der Waals surface area contributed by atoms with Crippen molar-refractivity contribution in [3.63, 3.8) is 0 Å². The molecule has 1 aliphatic rings. The van der Waals surface area contributed by atoms with Crippen molar-refractivity contribution in [3.05, 3.63) is 29.3 Å². The van der Waals surface area contributed by atoms with Gasteiger partial charge in [0.1, 0.15) is 5.75 Å². The van der Waals surface area contributed by atoms with Crippen LogP contribution in [0.25, 0.3) is 0 Å². The van der Waals surface area contributed by atoms with Gasteiger partial charge in [0, 0.05) is 11.5 Å². The topological polar surface area (TPSA) is 55.8 Å². The van der Waals surface area contributed by atoms with Gasteiger partial charge in [0.15, 0.2) is 0 Å². The molecule has 0 radical (unpaired) electrons. The molecule has 1 saturated heterocycles. The molecule has 2 rings (SSSR count). The second kappa shape index (κ2) is 4.75. The number of methoxy groups -OCH3 is 1. The summed E-state index contributed by atoms with van der Waals surface area (Å²) in [5, 5.41) is 9.36. The van der Waals surface area contributed by atoms with Crippen LogP contribution in [0.3, 0.4) is 0 Å². The molecule has 1 aromatic rings. The van der Waals surface area contributed by atoms with E-state index in [9.17, 15) is 9.90 Å². The first kappa shape index (κ1) is 11.9. The van der Waals surface area contributed by atoms with Gasteiger partial charge < -0.3 is 14.6 Å². The number of benzene rings is 1. The predicted octanol–water partition coefficient (Wildman–Crippen LogP) is 1.82. The highest BCUT2D eigenvalue weighted by atomic mass is 16.5. The molecule has 17 heavy (non-hydrogen) atoms. The van der Waals surface area contributed by atoms with Crippen LogP contribution in [0.4, 0.5) is 0 Å². The van der Waals surface area contributed by atoms with Crippen molar-refractivity contribution < 1.29 is 19.4 Å². The molecule has 1 aromatic carbocycles. The zero-order chi connectivity index (χ0) is 12.4. The van der Waals surface area contributed by atoms with Gasteiger partial charge in [-0.1, -0.05) is 17.7 Å². The molecule has 0 aromatic heterocycles. The lowest BCUT2D eigenvalue weighted by Crippen LogP contribution is -2.37. The van der Waals surface area contributed by atoms with Crippen LogP contribution in [0.2, 0.25) is 0 Å². The third kappa shape index (κ3) is 2.26. The quantitative estimate of drug-likeness (QED) is 0.866. The molecule has 4 heteroatoms. The Balaban J connectivity index is 2.40. The maximum absolute atomic E-state index is 11.4. The molecule has 0 aliphatic carbocycles.